The quantitative estimate of drug-likeness (QED) is 0.370. The van der Waals surface area contributed by atoms with Crippen LogP contribution in [0.1, 0.15) is 53.4 Å². The topological polar surface area (TPSA) is 53.1 Å². The average molecular weight is 241 g/mol. The van der Waals surface area contributed by atoms with Gasteiger partial charge in [0.15, 0.2) is 0 Å². The molecule has 102 valence electrons. The van der Waals surface area contributed by atoms with E-state index < -0.39 is 0 Å². The molecule has 0 spiro atoms. The molecule has 0 aromatic rings. The predicted octanol–water partition coefficient (Wildman–Crippen LogP) is 3.10. The maximum absolute atomic E-state index is 7.50. The molecule has 0 amide bonds. The van der Waals surface area contributed by atoms with Gasteiger partial charge >= 0.3 is 0 Å². The summed E-state index contributed by atoms with van der Waals surface area (Å²) < 4.78 is 0. The van der Waals surface area contributed by atoms with Gasteiger partial charge < -0.3 is 10.6 Å². The maximum Gasteiger partial charge on any atom is 0.0963 e. The highest BCUT2D eigenvalue weighted by molar-refractivity contribution is 5.82. The van der Waals surface area contributed by atoms with Crippen LogP contribution < -0.4 is 5.73 Å². The first kappa shape index (κ1) is 16.4. The van der Waals surface area contributed by atoms with Crippen molar-refractivity contribution in [3.63, 3.8) is 0 Å². The van der Waals surface area contributed by atoms with Crippen LogP contribution in [0.3, 0.4) is 0 Å². The minimum atomic E-state index is -0.128. The number of nitrogens with one attached hydrogen (secondary N) is 1. The van der Waals surface area contributed by atoms with E-state index in [1.165, 1.54) is 19.4 Å². The molecular weight excluding hydrogens is 210 g/mol. The Kier molecular flexibility index (Phi) is 7.44. The Morgan fingerprint density at radius 2 is 1.82 bits per heavy atom. The number of unbranched alkanes of at least 4 members (excludes halogenated alkanes) is 1. The molecule has 3 nitrogen and oxygen atoms in total. The van der Waals surface area contributed by atoms with Gasteiger partial charge in [0.05, 0.1) is 5.84 Å². The zero-order valence-electron chi connectivity index (χ0n) is 12.3. The first-order valence-corrected chi connectivity index (χ1v) is 6.78. The van der Waals surface area contributed by atoms with E-state index in [4.69, 9.17) is 11.1 Å². The lowest BCUT2D eigenvalue weighted by atomic mass is 9.86. The summed E-state index contributed by atoms with van der Waals surface area (Å²) in [6.07, 6.45) is 4.64. The largest absolute Gasteiger partial charge is 0.387 e. The molecule has 0 heterocycles. The molecule has 0 aliphatic rings. The van der Waals surface area contributed by atoms with Gasteiger partial charge in [-0.05, 0) is 45.3 Å². The standard InChI is InChI=1S/C14H31N3/c1-12(2)8-11-17(5)10-7-6-9-14(3,4)13(15)16/h12H,6-11H2,1-5H3,(H3,15,16). The maximum atomic E-state index is 7.50. The molecule has 0 atom stereocenters. The van der Waals surface area contributed by atoms with Crippen LogP contribution in [0.2, 0.25) is 0 Å². The van der Waals surface area contributed by atoms with Crippen LogP contribution in [-0.2, 0) is 0 Å². The first-order chi connectivity index (χ1) is 7.75. The van der Waals surface area contributed by atoms with Crippen LogP contribution in [0.15, 0.2) is 0 Å². The van der Waals surface area contributed by atoms with Gasteiger partial charge in [-0.15, -0.1) is 0 Å². The van der Waals surface area contributed by atoms with Crippen molar-refractivity contribution in [2.75, 3.05) is 20.1 Å². The van der Waals surface area contributed by atoms with Crippen molar-refractivity contribution in [1.29, 1.82) is 5.41 Å². The van der Waals surface area contributed by atoms with E-state index in [1.54, 1.807) is 0 Å². The smallest absolute Gasteiger partial charge is 0.0963 e. The number of rotatable bonds is 9. The summed E-state index contributed by atoms with van der Waals surface area (Å²) in [6, 6.07) is 0. The molecule has 0 saturated carbocycles. The van der Waals surface area contributed by atoms with Crippen LogP contribution >= 0.6 is 0 Å². The van der Waals surface area contributed by atoms with Gasteiger partial charge in [-0.2, -0.15) is 0 Å². The van der Waals surface area contributed by atoms with Crippen LogP contribution in [0.4, 0.5) is 0 Å². The van der Waals surface area contributed by atoms with E-state index in [0.29, 0.717) is 5.84 Å². The third-order valence-corrected chi connectivity index (χ3v) is 3.41. The Bertz CT molecular complexity index is 222. The zero-order chi connectivity index (χ0) is 13.5. The van der Waals surface area contributed by atoms with E-state index in [0.717, 1.165) is 25.3 Å². The van der Waals surface area contributed by atoms with Crippen molar-refractivity contribution in [3.05, 3.63) is 0 Å². The summed E-state index contributed by atoms with van der Waals surface area (Å²) >= 11 is 0. The summed E-state index contributed by atoms with van der Waals surface area (Å²) in [4.78, 5) is 2.40. The second-order valence-electron chi connectivity index (χ2n) is 6.24. The van der Waals surface area contributed by atoms with E-state index in [-0.39, 0.29) is 5.41 Å². The number of hydrogen-bond acceptors (Lipinski definition) is 2. The van der Waals surface area contributed by atoms with Crippen molar-refractivity contribution in [3.8, 4) is 0 Å². The molecule has 0 rings (SSSR count). The number of nitrogens with zero attached hydrogens (tertiary/aromatic N) is 1. The Morgan fingerprint density at radius 3 is 2.29 bits per heavy atom. The second kappa shape index (κ2) is 7.70. The molecule has 0 aromatic carbocycles. The van der Waals surface area contributed by atoms with Crippen molar-refractivity contribution < 1.29 is 0 Å². The Hall–Kier alpha value is -0.570. The van der Waals surface area contributed by atoms with Gasteiger partial charge in [-0.25, -0.2) is 0 Å². The number of nitrogens with two attached hydrogens (primary N) is 1. The molecule has 0 radical (unpaired) electrons. The van der Waals surface area contributed by atoms with Gasteiger partial charge in [0, 0.05) is 5.41 Å². The van der Waals surface area contributed by atoms with Crippen LogP contribution in [0.5, 0.6) is 0 Å². The van der Waals surface area contributed by atoms with Gasteiger partial charge in [-0.3, -0.25) is 5.41 Å². The molecule has 17 heavy (non-hydrogen) atoms. The molecule has 0 bridgehead atoms. The van der Waals surface area contributed by atoms with Gasteiger partial charge in [0.1, 0.15) is 0 Å². The summed E-state index contributed by atoms with van der Waals surface area (Å²) in [5, 5.41) is 7.50. The molecular formula is C14H31N3. The van der Waals surface area contributed by atoms with E-state index >= 15 is 0 Å². The fourth-order valence-electron chi connectivity index (χ4n) is 1.67. The van der Waals surface area contributed by atoms with Crippen molar-refractivity contribution >= 4 is 5.84 Å². The Labute approximate surface area is 107 Å². The molecule has 0 unspecified atom stereocenters. The molecule has 0 aromatic heterocycles. The molecule has 0 saturated heterocycles. The van der Waals surface area contributed by atoms with Crippen LogP contribution in [0, 0.1) is 16.7 Å². The van der Waals surface area contributed by atoms with Gasteiger partial charge in [0.2, 0.25) is 0 Å². The lowest BCUT2D eigenvalue weighted by molar-refractivity contribution is 0.296. The highest BCUT2D eigenvalue weighted by Gasteiger charge is 2.20. The minimum Gasteiger partial charge on any atom is -0.387 e. The summed E-state index contributed by atoms with van der Waals surface area (Å²) in [5.74, 6) is 1.10. The fourth-order valence-corrected chi connectivity index (χ4v) is 1.67. The highest BCUT2D eigenvalue weighted by atomic mass is 15.1. The van der Waals surface area contributed by atoms with E-state index in [2.05, 4.69) is 39.6 Å². The molecule has 0 aliphatic heterocycles. The second-order valence-corrected chi connectivity index (χ2v) is 6.24. The lowest BCUT2D eigenvalue weighted by Gasteiger charge is -2.23. The van der Waals surface area contributed by atoms with E-state index in [1.807, 2.05) is 0 Å². The Morgan fingerprint density at radius 1 is 1.24 bits per heavy atom. The van der Waals surface area contributed by atoms with Gasteiger partial charge in [0.25, 0.3) is 0 Å². The SMILES string of the molecule is CC(C)CCN(C)CCCCC(C)(C)C(=N)N. The normalized spacial score (nSPS) is 12.4. The van der Waals surface area contributed by atoms with Crippen molar-refractivity contribution in [2.45, 2.75) is 53.4 Å². The van der Waals surface area contributed by atoms with Crippen LogP contribution in [0.25, 0.3) is 0 Å². The third-order valence-electron chi connectivity index (χ3n) is 3.41. The summed E-state index contributed by atoms with van der Waals surface area (Å²) in [6.45, 7) is 11.0. The third kappa shape index (κ3) is 8.19. The first-order valence-electron chi connectivity index (χ1n) is 6.78. The minimum absolute atomic E-state index is 0.128. The summed E-state index contributed by atoms with van der Waals surface area (Å²) in [7, 11) is 2.19. The molecule has 0 fully saturated rings. The average Bonchev–Trinajstić information content (AvgIpc) is 2.21. The van der Waals surface area contributed by atoms with Gasteiger partial charge in [-0.1, -0.05) is 34.1 Å². The fraction of sp³-hybridized carbons (Fsp3) is 0.929. The van der Waals surface area contributed by atoms with Crippen molar-refractivity contribution in [2.24, 2.45) is 17.1 Å². The number of hydrogen-bond donors (Lipinski definition) is 2. The van der Waals surface area contributed by atoms with E-state index in [9.17, 15) is 0 Å². The molecule has 3 heteroatoms. The van der Waals surface area contributed by atoms with Crippen molar-refractivity contribution in [1.82, 2.24) is 4.90 Å². The van der Waals surface area contributed by atoms with Crippen LogP contribution in [-0.4, -0.2) is 30.9 Å². The predicted molar refractivity (Wildman–Crippen MR) is 76.5 cm³/mol. The molecule has 0 aliphatic carbocycles. The molecule has 3 N–H and O–H groups in total. The number of amidine groups is 1. The summed E-state index contributed by atoms with van der Waals surface area (Å²) in [5.41, 5.74) is 5.44. The highest BCUT2D eigenvalue weighted by Crippen LogP contribution is 2.22. The lowest BCUT2D eigenvalue weighted by Crippen LogP contribution is -2.31. The Balaban J connectivity index is 3.61. The monoisotopic (exact) mass is 241 g/mol. The zero-order valence-corrected chi connectivity index (χ0v) is 12.3.